The molecular formula is C27H30ClNO2. The van der Waals surface area contributed by atoms with Gasteiger partial charge in [0.2, 0.25) is 0 Å². The van der Waals surface area contributed by atoms with Crippen molar-refractivity contribution in [3.8, 4) is 11.5 Å². The van der Waals surface area contributed by atoms with Gasteiger partial charge in [0.1, 0.15) is 0 Å². The topological polar surface area (TPSA) is 21.7 Å². The predicted molar refractivity (Wildman–Crippen MR) is 128 cm³/mol. The zero-order valence-electron chi connectivity index (χ0n) is 18.4. The fraction of sp³-hybridized carbons (Fsp3) is 0.333. The van der Waals surface area contributed by atoms with E-state index in [9.17, 15) is 0 Å². The smallest absolute Gasteiger partial charge is 0.161 e. The zero-order chi connectivity index (χ0) is 20.7. The lowest BCUT2D eigenvalue weighted by molar-refractivity contribution is 0.132. The van der Waals surface area contributed by atoms with Gasteiger partial charge < -0.3 is 9.47 Å². The maximum atomic E-state index is 5.68. The molecule has 0 aromatic heterocycles. The maximum absolute atomic E-state index is 5.68. The second kappa shape index (κ2) is 8.94. The van der Waals surface area contributed by atoms with Gasteiger partial charge in [-0.25, -0.2) is 0 Å². The Morgan fingerprint density at radius 2 is 1.65 bits per heavy atom. The highest BCUT2D eigenvalue weighted by Gasteiger charge is 2.40. The van der Waals surface area contributed by atoms with Crippen molar-refractivity contribution in [2.75, 3.05) is 14.2 Å². The Balaban J connectivity index is 0.00000231. The van der Waals surface area contributed by atoms with Crippen molar-refractivity contribution in [1.29, 1.82) is 0 Å². The standard InChI is InChI=1S/C27H29NO2.ClH/c1-18-8-7-11-21-23(18)17-28(16-19-9-5-4-6-10-19)24-13-12-20-14-25(29-2)26(30-3)15-22(20)27(21)24;/h4-11,14-15,24,27H,12-13,16-17H2,1-3H3;1H/t24-,27-;/m1./s1. The Labute approximate surface area is 191 Å². The van der Waals surface area contributed by atoms with Crippen molar-refractivity contribution >= 4 is 12.4 Å². The normalized spacial score (nSPS) is 19.5. The lowest BCUT2D eigenvalue weighted by Gasteiger charge is -2.46. The van der Waals surface area contributed by atoms with Crippen LogP contribution in [0.15, 0.2) is 60.7 Å². The molecule has 0 bridgehead atoms. The molecule has 0 unspecified atom stereocenters. The Bertz CT molecular complexity index is 1070. The summed E-state index contributed by atoms with van der Waals surface area (Å²) in [4.78, 5) is 2.69. The van der Waals surface area contributed by atoms with Gasteiger partial charge in [-0.2, -0.15) is 0 Å². The second-order valence-corrected chi connectivity index (χ2v) is 8.52. The van der Waals surface area contributed by atoms with Crippen molar-refractivity contribution < 1.29 is 9.47 Å². The molecule has 0 spiro atoms. The molecule has 5 rings (SSSR count). The third kappa shape index (κ3) is 3.81. The van der Waals surface area contributed by atoms with E-state index in [0.717, 1.165) is 37.4 Å². The summed E-state index contributed by atoms with van der Waals surface area (Å²) in [7, 11) is 3.45. The summed E-state index contributed by atoms with van der Waals surface area (Å²) in [5, 5.41) is 0. The number of halogens is 1. The van der Waals surface area contributed by atoms with Crippen LogP contribution in [-0.4, -0.2) is 25.2 Å². The molecule has 0 amide bonds. The number of aryl methyl sites for hydroxylation is 2. The van der Waals surface area contributed by atoms with Crippen molar-refractivity contribution in [2.24, 2.45) is 0 Å². The summed E-state index contributed by atoms with van der Waals surface area (Å²) in [5.41, 5.74) is 8.52. The molecule has 4 heteroatoms. The minimum atomic E-state index is 0. The van der Waals surface area contributed by atoms with Gasteiger partial charge in [-0.1, -0.05) is 48.5 Å². The van der Waals surface area contributed by atoms with E-state index in [-0.39, 0.29) is 12.4 Å². The maximum Gasteiger partial charge on any atom is 0.161 e. The number of nitrogens with zero attached hydrogens (tertiary/aromatic N) is 1. The third-order valence-corrected chi connectivity index (χ3v) is 6.91. The van der Waals surface area contributed by atoms with Crippen LogP contribution in [0.5, 0.6) is 11.5 Å². The Morgan fingerprint density at radius 1 is 0.903 bits per heavy atom. The molecular weight excluding hydrogens is 406 g/mol. The van der Waals surface area contributed by atoms with Crippen LogP contribution in [-0.2, 0) is 19.5 Å². The molecule has 3 aromatic carbocycles. The Morgan fingerprint density at radius 3 is 2.39 bits per heavy atom. The van der Waals surface area contributed by atoms with Crippen molar-refractivity contribution in [3.05, 3.63) is 94.0 Å². The molecule has 0 radical (unpaired) electrons. The van der Waals surface area contributed by atoms with Crippen LogP contribution in [0.4, 0.5) is 0 Å². The average molecular weight is 436 g/mol. The first kappa shape index (κ1) is 21.7. The number of fused-ring (bicyclic) bond motifs is 5. The van der Waals surface area contributed by atoms with E-state index in [2.05, 4.69) is 72.5 Å². The van der Waals surface area contributed by atoms with Crippen molar-refractivity contribution in [1.82, 2.24) is 4.90 Å². The minimum Gasteiger partial charge on any atom is -0.493 e. The summed E-state index contributed by atoms with van der Waals surface area (Å²) in [6.45, 7) is 4.25. The van der Waals surface area contributed by atoms with Crippen LogP contribution >= 0.6 is 12.4 Å². The highest BCUT2D eigenvalue weighted by molar-refractivity contribution is 5.85. The zero-order valence-corrected chi connectivity index (χ0v) is 19.2. The fourth-order valence-electron chi connectivity index (χ4n) is 5.43. The van der Waals surface area contributed by atoms with Gasteiger partial charge in [0.05, 0.1) is 14.2 Å². The van der Waals surface area contributed by atoms with Crippen LogP contribution in [0.2, 0.25) is 0 Å². The van der Waals surface area contributed by atoms with Crippen LogP contribution in [0.3, 0.4) is 0 Å². The first-order chi connectivity index (χ1) is 14.7. The van der Waals surface area contributed by atoms with E-state index in [4.69, 9.17) is 9.47 Å². The molecule has 162 valence electrons. The Kier molecular flexibility index (Phi) is 6.27. The van der Waals surface area contributed by atoms with Gasteiger partial charge in [0.25, 0.3) is 0 Å². The lowest BCUT2D eigenvalue weighted by atomic mass is 9.70. The highest BCUT2D eigenvalue weighted by atomic mass is 35.5. The second-order valence-electron chi connectivity index (χ2n) is 8.52. The molecule has 1 heterocycles. The molecule has 3 aromatic rings. The number of hydrogen-bond donors (Lipinski definition) is 0. The van der Waals surface area contributed by atoms with Crippen LogP contribution in [0, 0.1) is 6.92 Å². The third-order valence-electron chi connectivity index (χ3n) is 6.91. The van der Waals surface area contributed by atoms with Gasteiger partial charge in [-0.3, -0.25) is 4.90 Å². The van der Waals surface area contributed by atoms with E-state index >= 15 is 0 Å². The van der Waals surface area contributed by atoms with Gasteiger partial charge in [-0.15, -0.1) is 12.4 Å². The van der Waals surface area contributed by atoms with Crippen molar-refractivity contribution in [2.45, 2.75) is 44.8 Å². The Hall–Kier alpha value is -2.49. The molecule has 1 aliphatic heterocycles. The van der Waals surface area contributed by atoms with E-state index in [0.29, 0.717) is 12.0 Å². The van der Waals surface area contributed by atoms with Crippen LogP contribution < -0.4 is 9.47 Å². The molecule has 31 heavy (non-hydrogen) atoms. The molecule has 1 aliphatic carbocycles. The quantitative estimate of drug-likeness (QED) is 0.509. The summed E-state index contributed by atoms with van der Waals surface area (Å²) in [6.07, 6.45) is 2.23. The van der Waals surface area contributed by atoms with Crippen LogP contribution in [0.25, 0.3) is 0 Å². The SMILES string of the molecule is COc1cc2c(cc1OC)[C@H]1c3cccc(C)c3CN(Cc3ccccc3)[C@@H]1CC2.Cl. The molecule has 0 saturated carbocycles. The van der Waals surface area contributed by atoms with Gasteiger partial charge in [0, 0.05) is 25.0 Å². The number of benzene rings is 3. The summed E-state index contributed by atoms with van der Waals surface area (Å²) >= 11 is 0. The van der Waals surface area contributed by atoms with Gasteiger partial charge >= 0.3 is 0 Å². The predicted octanol–water partition coefficient (Wildman–Crippen LogP) is 5.90. The summed E-state index contributed by atoms with van der Waals surface area (Å²) in [6, 6.07) is 22.6. The van der Waals surface area contributed by atoms with E-state index < -0.39 is 0 Å². The van der Waals surface area contributed by atoms with Crippen LogP contribution in [0.1, 0.15) is 45.7 Å². The average Bonchev–Trinajstić information content (AvgIpc) is 2.79. The van der Waals surface area contributed by atoms with E-state index in [1.54, 1.807) is 14.2 Å². The largest absolute Gasteiger partial charge is 0.493 e. The van der Waals surface area contributed by atoms with Gasteiger partial charge in [-0.05, 0) is 65.3 Å². The number of rotatable bonds is 4. The molecule has 0 N–H and O–H groups in total. The fourth-order valence-corrected chi connectivity index (χ4v) is 5.43. The monoisotopic (exact) mass is 435 g/mol. The molecule has 0 saturated heterocycles. The molecule has 2 atom stereocenters. The first-order valence-electron chi connectivity index (χ1n) is 10.8. The van der Waals surface area contributed by atoms with Crippen molar-refractivity contribution in [3.63, 3.8) is 0 Å². The molecule has 3 nitrogen and oxygen atoms in total. The molecule has 2 aliphatic rings. The van der Waals surface area contributed by atoms with E-state index in [1.807, 2.05) is 0 Å². The summed E-state index contributed by atoms with van der Waals surface area (Å²) < 4.78 is 11.3. The number of ether oxygens (including phenoxy) is 2. The number of methoxy groups -OCH3 is 2. The van der Waals surface area contributed by atoms with E-state index in [1.165, 1.54) is 33.4 Å². The lowest BCUT2D eigenvalue weighted by Crippen LogP contribution is -2.45. The first-order valence-corrected chi connectivity index (χ1v) is 10.8. The molecule has 0 fully saturated rings. The highest BCUT2D eigenvalue weighted by Crippen LogP contribution is 2.48. The summed E-state index contributed by atoms with van der Waals surface area (Å²) in [5.74, 6) is 2.02. The van der Waals surface area contributed by atoms with Gasteiger partial charge in [0.15, 0.2) is 11.5 Å². The minimum absolute atomic E-state index is 0. The number of hydrogen-bond acceptors (Lipinski definition) is 3.